The van der Waals surface area contributed by atoms with Gasteiger partial charge in [0.05, 0.1) is 18.3 Å². The molecule has 0 fully saturated rings. The van der Waals surface area contributed by atoms with E-state index >= 15 is 0 Å². The second-order valence-corrected chi connectivity index (χ2v) is 8.45. The Kier molecular flexibility index (Phi) is 3.91. The fourth-order valence-electron chi connectivity index (χ4n) is 2.71. The lowest BCUT2D eigenvalue weighted by Crippen LogP contribution is -2.42. The van der Waals surface area contributed by atoms with Crippen LogP contribution in [0.15, 0.2) is 35.2 Å². The number of benzene rings is 1. The van der Waals surface area contributed by atoms with Crippen molar-refractivity contribution in [3.63, 3.8) is 0 Å². The van der Waals surface area contributed by atoms with E-state index in [2.05, 4.69) is 0 Å². The number of sulfonamides is 1. The minimum atomic E-state index is -3.93. The van der Waals surface area contributed by atoms with Crippen molar-refractivity contribution < 1.29 is 23.4 Å². The average molecular weight is 353 g/mol. The first kappa shape index (κ1) is 16.0. The van der Waals surface area contributed by atoms with E-state index in [0.29, 0.717) is 17.0 Å². The van der Waals surface area contributed by atoms with E-state index in [1.165, 1.54) is 6.07 Å². The number of carboxylic acid groups (broad SMARTS) is 1. The molecule has 1 unspecified atom stereocenters. The molecule has 1 aliphatic rings. The maximum absolute atomic E-state index is 13.0. The lowest BCUT2D eigenvalue weighted by atomic mass is 10.0. The Morgan fingerprint density at radius 1 is 1.35 bits per heavy atom. The van der Waals surface area contributed by atoms with Gasteiger partial charge in [0.2, 0.25) is 0 Å². The second kappa shape index (κ2) is 5.63. The zero-order valence-electron chi connectivity index (χ0n) is 12.3. The summed E-state index contributed by atoms with van der Waals surface area (Å²) in [5, 5.41) is 19.1. The van der Waals surface area contributed by atoms with Gasteiger partial charge in [-0.15, -0.1) is 11.3 Å². The molecular weight excluding hydrogens is 338 g/mol. The van der Waals surface area contributed by atoms with Crippen molar-refractivity contribution in [2.45, 2.75) is 24.3 Å². The molecule has 1 aromatic heterocycles. The fraction of sp³-hybridized carbons (Fsp3) is 0.267. The summed E-state index contributed by atoms with van der Waals surface area (Å²) in [7, 11) is -3.93. The monoisotopic (exact) mass is 353 g/mol. The molecule has 0 bridgehead atoms. The lowest BCUT2D eigenvalue weighted by molar-refractivity contribution is 0.0702. The number of carbonyl (C=O) groups is 1. The molecule has 23 heavy (non-hydrogen) atoms. The summed E-state index contributed by atoms with van der Waals surface area (Å²) in [6, 6.07) is 8.19. The Morgan fingerprint density at radius 3 is 2.70 bits per heavy atom. The van der Waals surface area contributed by atoms with E-state index in [1.807, 2.05) is 0 Å². The molecule has 1 aliphatic heterocycles. The third kappa shape index (κ3) is 2.73. The van der Waals surface area contributed by atoms with E-state index < -0.39 is 22.1 Å². The fourth-order valence-corrected chi connectivity index (χ4v) is 5.65. The van der Waals surface area contributed by atoms with Crippen LogP contribution in [0.3, 0.4) is 0 Å². The van der Waals surface area contributed by atoms with Crippen molar-refractivity contribution in [2.24, 2.45) is 0 Å². The number of carboxylic acids is 1. The van der Waals surface area contributed by atoms with Crippen LogP contribution in [-0.4, -0.2) is 37.2 Å². The first-order valence-corrected chi connectivity index (χ1v) is 9.19. The van der Waals surface area contributed by atoms with E-state index in [9.17, 15) is 18.3 Å². The summed E-state index contributed by atoms with van der Waals surface area (Å²) >= 11 is 0.928. The van der Waals surface area contributed by atoms with Gasteiger partial charge in [-0.2, -0.15) is 0 Å². The molecule has 122 valence electrons. The number of anilines is 1. The predicted octanol–water partition coefficient (Wildman–Crippen LogP) is 1.87. The van der Waals surface area contributed by atoms with Gasteiger partial charge in [-0.3, -0.25) is 4.31 Å². The number of para-hydroxylation sites is 1. The topological polar surface area (TPSA) is 94.9 Å². The summed E-state index contributed by atoms with van der Waals surface area (Å²) < 4.78 is 27.1. The zero-order chi connectivity index (χ0) is 16.8. The molecular formula is C15H15NO5S2. The number of fused-ring (bicyclic) bond motifs is 1. The second-order valence-electron chi connectivity index (χ2n) is 5.36. The number of aliphatic hydroxyl groups is 1. The number of aryl methyl sites for hydroxylation is 1. The van der Waals surface area contributed by atoms with Gasteiger partial charge in [-0.05, 0) is 24.6 Å². The number of β-amino-alcohol motifs (C(OH)–C–C–N with tert-alkyl or cyclic N) is 1. The highest BCUT2D eigenvalue weighted by Crippen LogP contribution is 2.35. The SMILES string of the molecule is Cc1sc(C(=O)O)cc1S(=O)(=O)N1CC(O)Cc2ccccc21. The van der Waals surface area contributed by atoms with Crippen molar-refractivity contribution in [3.05, 3.63) is 45.6 Å². The Balaban J connectivity index is 2.12. The summed E-state index contributed by atoms with van der Waals surface area (Å²) in [6.07, 6.45) is -0.400. The van der Waals surface area contributed by atoms with Crippen LogP contribution in [0.2, 0.25) is 0 Å². The highest BCUT2D eigenvalue weighted by atomic mass is 32.2. The van der Waals surface area contributed by atoms with Crippen LogP contribution >= 0.6 is 11.3 Å². The van der Waals surface area contributed by atoms with Crippen molar-refractivity contribution in [1.82, 2.24) is 0 Å². The van der Waals surface area contributed by atoms with E-state index in [1.54, 1.807) is 31.2 Å². The Hall–Kier alpha value is -1.90. The maximum Gasteiger partial charge on any atom is 0.345 e. The standard InChI is InChI=1S/C15H15NO5S2/c1-9-14(7-13(22-9)15(18)19)23(20,21)16-8-11(17)6-10-4-2-3-5-12(10)16/h2-5,7,11,17H,6,8H2,1H3,(H,18,19). The van der Waals surface area contributed by atoms with Gasteiger partial charge >= 0.3 is 5.97 Å². The molecule has 0 spiro atoms. The van der Waals surface area contributed by atoms with Gasteiger partial charge < -0.3 is 10.2 Å². The van der Waals surface area contributed by atoms with Crippen LogP contribution in [0.25, 0.3) is 0 Å². The third-order valence-electron chi connectivity index (χ3n) is 3.74. The number of thiophene rings is 1. The van der Waals surface area contributed by atoms with Crippen molar-refractivity contribution >= 4 is 33.0 Å². The largest absolute Gasteiger partial charge is 0.477 e. The molecule has 2 heterocycles. The van der Waals surface area contributed by atoms with Crippen LogP contribution in [0.4, 0.5) is 5.69 Å². The first-order chi connectivity index (χ1) is 10.8. The first-order valence-electron chi connectivity index (χ1n) is 6.93. The molecule has 8 heteroatoms. The number of aromatic carboxylic acids is 1. The van der Waals surface area contributed by atoms with Gasteiger partial charge in [-0.1, -0.05) is 18.2 Å². The average Bonchev–Trinajstić information content (AvgIpc) is 2.89. The Morgan fingerprint density at radius 2 is 2.04 bits per heavy atom. The molecule has 1 atom stereocenters. The summed E-state index contributed by atoms with van der Waals surface area (Å²) in [5.74, 6) is -1.15. The van der Waals surface area contributed by atoms with Crippen molar-refractivity contribution in [3.8, 4) is 0 Å². The predicted molar refractivity (Wildman–Crippen MR) is 86.7 cm³/mol. The molecule has 1 aromatic carbocycles. The third-order valence-corrected chi connectivity index (χ3v) is 6.82. The summed E-state index contributed by atoms with van der Waals surface area (Å²) in [6.45, 7) is 1.54. The van der Waals surface area contributed by atoms with Crippen LogP contribution in [-0.2, 0) is 16.4 Å². The summed E-state index contributed by atoms with van der Waals surface area (Å²) in [4.78, 5) is 11.5. The maximum atomic E-state index is 13.0. The Labute approximate surface area is 137 Å². The number of nitrogens with zero attached hydrogens (tertiary/aromatic N) is 1. The van der Waals surface area contributed by atoms with Crippen molar-refractivity contribution in [1.29, 1.82) is 0 Å². The smallest absolute Gasteiger partial charge is 0.345 e. The van der Waals surface area contributed by atoms with Gasteiger partial charge in [0.15, 0.2) is 0 Å². The van der Waals surface area contributed by atoms with Gasteiger partial charge in [-0.25, -0.2) is 13.2 Å². The van der Waals surface area contributed by atoms with Gasteiger partial charge in [0.1, 0.15) is 9.77 Å². The zero-order valence-corrected chi connectivity index (χ0v) is 13.9. The molecule has 0 saturated heterocycles. The van der Waals surface area contributed by atoms with Gasteiger partial charge in [0.25, 0.3) is 10.0 Å². The lowest BCUT2D eigenvalue weighted by Gasteiger charge is -2.33. The highest BCUT2D eigenvalue weighted by Gasteiger charge is 2.34. The summed E-state index contributed by atoms with van der Waals surface area (Å²) in [5.41, 5.74) is 1.28. The van der Waals surface area contributed by atoms with Crippen LogP contribution in [0.5, 0.6) is 0 Å². The molecule has 3 rings (SSSR count). The minimum absolute atomic E-state index is 0.0214. The van der Waals surface area contributed by atoms with E-state index in [-0.39, 0.29) is 16.3 Å². The quantitative estimate of drug-likeness (QED) is 0.878. The molecule has 6 nitrogen and oxygen atoms in total. The number of hydrogen-bond acceptors (Lipinski definition) is 5. The number of hydrogen-bond donors (Lipinski definition) is 2. The number of aliphatic hydroxyl groups excluding tert-OH is 1. The highest BCUT2D eigenvalue weighted by molar-refractivity contribution is 7.93. The van der Waals surface area contributed by atoms with Crippen molar-refractivity contribution in [2.75, 3.05) is 10.8 Å². The Bertz CT molecular complexity index is 872. The van der Waals surface area contributed by atoms with E-state index in [4.69, 9.17) is 5.11 Å². The molecule has 0 saturated carbocycles. The molecule has 0 aliphatic carbocycles. The van der Waals surface area contributed by atoms with Crippen LogP contribution in [0, 0.1) is 6.92 Å². The molecule has 0 radical (unpaired) electrons. The normalized spacial score (nSPS) is 17.8. The van der Waals surface area contributed by atoms with Crippen LogP contribution < -0.4 is 4.31 Å². The van der Waals surface area contributed by atoms with Crippen LogP contribution in [0.1, 0.15) is 20.1 Å². The minimum Gasteiger partial charge on any atom is -0.477 e. The van der Waals surface area contributed by atoms with E-state index in [0.717, 1.165) is 21.2 Å². The molecule has 2 N–H and O–H groups in total. The molecule has 0 amide bonds. The van der Waals surface area contributed by atoms with Gasteiger partial charge in [0, 0.05) is 11.3 Å². The molecule has 2 aromatic rings. The number of rotatable bonds is 3.